The summed E-state index contributed by atoms with van der Waals surface area (Å²) in [6.45, 7) is 9.03. The fourth-order valence-electron chi connectivity index (χ4n) is 2.70. The first kappa shape index (κ1) is 16.0. The van der Waals surface area contributed by atoms with Crippen molar-refractivity contribution in [2.24, 2.45) is 0 Å². The summed E-state index contributed by atoms with van der Waals surface area (Å²) in [5.41, 5.74) is 1.23. The molecule has 1 aliphatic rings. The van der Waals surface area contributed by atoms with Gasteiger partial charge in [-0.3, -0.25) is 4.90 Å². The SMILES string of the molecule is Cc1nc([C@H]2CN(Cc3cccc(OC(C)C)c3)CCO2)no1. The van der Waals surface area contributed by atoms with Gasteiger partial charge in [0.25, 0.3) is 0 Å². The molecule has 0 N–H and O–H groups in total. The van der Waals surface area contributed by atoms with E-state index in [4.69, 9.17) is 14.0 Å². The van der Waals surface area contributed by atoms with E-state index in [0.29, 0.717) is 18.3 Å². The van der Waals surface area contributed by atoms with Gasteiger partial charge in [-0.05, 0) is 31.5 Å². The average Bonchev–Trinajstić information content (AvgIpc) is 2.94. The first-order valence-electron chi connectivity index (χ1n) is 8.00. The lowest BCUT2D eigenvalue weighted by Crippen LogP contribution is -2.38. The van der Waals surface area contributed by atoms with Gasteiger partial charge < -0.3 is 14.0 Å². The third kappa shape index (κ3) is 4.30. The molecule has 1 aliphatic heterocycles. The van der Waals surface area contributed by atoms with Gasteiger partial charge in [-0.15, -0.1) is 0 Å². The van der Waals surface area contributed by atoms with Crippen LogP contribution in [-0.2, 0) is 11.3 Å². The van der Waals surface area contributed by atoms with Crippen molar-refractivity contribution in [3.05, 3.63) is 41.5 Å². The summed E-state index contributed by atoms with van der Waals surface area (Å²) in [6.07, 6.45) is 0.0517. The molecule has 23 heavy (non-hydrogen) atoms. The maximum absolute atomic E-state index is 5.77. The molecule has 0 unspecified atom stereocenters. The summed E-state index contributed by atoms with van der Waals surface area (Å²) in [5.74, 6) is 2.11. The van der Waals surface area contributed by atoms with Crippen molar-refractivity contribution in [3.63, 3.8) is 0 Å². The summed E-state index contributed by atoms with van der Waals surface area (Å²) < 4.78 is 16.6. The van der Waals surface area contributed by atoms with E-state index in [9.17, 15) is 0 Å². The molecule has 1 aromatic heterocycles. The molecule has 1 fully saturated rings. The van der Waals surface area contributed by atoms with Gasteiger partial charge in [0.15, 0.2) is 0 Å². The molecule has 0 saturated carbocycles. The molecule has 1 saturated heterocycles. The largest absolute Gasteiger partial charge is 0.491 e. The predicted octanol–water partition coefficient (Wildman–Crippen LogP) is 2.74. The minimum atomic E-state index is -0.128. The molecule has 0 aliphatic carbocycles. The van der Waals surface area contributed by atoms with Crippen molar-refractivity contribution in [1.29, 1.82) is 0 Å². The van der Waals surface area contributed by atoms with Crippen LogP contribution >= 0.6 is 0 Å². The second-order valence-corrected chi connectivity index (χ2v) is 6.08. The van der Waals surface area contributed by atoms with Gasteiger partial charge in [-0.25, -0.2) is 0 Å². The highest BCUT2D eigenvalue weighted by atomic mass is 16.5. The van der Waals surface area contributed by atoms with Gasteiger partial charge in [-0.2, -0.15) is 4.98 Å². The topological polar surface area (TPSA) is 60.6 Å². The fraction of sp³-hybridized carbons (Fsp3) is 0.529. The molecular weight excluding hydrogens is 294 g/mol. The molecule has 6 heteroatoms. The molecule has 3 rings (SSSR count). The Bertz CT molecular complexity index is 642. The Labute approximate surface area is 136 Å². The minimum absolute atomic E-state index is 0.128. The molecule has 1 atom stereocenters. The maximum atomic E-state index is 5.77. The number of aryl methyl sites for hydroxylation is 1. The zero-order chi connectivity index (χ0) is 16.2. The van der Waals surface area contributed by atoms with Crippen LogP contribution in [0, 0.1) is 6.92 Å². The van der Waals surface area contributed by atoms with Crippen molar-refractivity contribution in [2.45, 2.75) is 39.5 Å². The van der Waals surface area contributed by atoms with E-state index in [1.807, 2.05) is 26.0 Å². The van der Waals surface area contributed by atoms with Gasteiger partial charge >= 0.3 is 0 Å². The van der Waals surface area contributed by atoms with Crippen molar-refractivity contribution < 1.29 is 14.0 Å². The second-order valence-electron chi connectivity index (χ2n) is 6.08. The zero-order valence-electron chi connectivity index (χ0n) is 13.9. The van der Waals surface area contributed by atoms with E-state index in [0.717, 1.165) is 25.4 Å². The highest BCUT2D eigenvalue weighted by Gasteiger charge is 2.25. The van der Waals surface area contributed by atoms with Crippen LogP contribution in [0.2, 0.25) is 0 Å². The van der Waals surface area contributed by atoms with E-state index in [1.165, 1.54) is 5.56 Å². The lowest BCUT2D eigenvalue weighted by atomic mass is 10.1. The first-order valence-corrected chi connectivity index (χ1v) is 8.00. The van der Waals surface area contributed by atoms with Crippen molar-refractivity contribution >= 4 is 0 Å². The van der Waals surface area contributed by atoms with Crippen LogP contribution in [0.5, 0.6) is 5.75 Å². The van der Waals surface area contributed by atoms with Crippen molar-refractivity contribution in [2.75, 3.05) is 19.7 Å². The molecule has 124 valence electrons. The van der Waals surface area contributed by atoms with Gasteiger partial charge in [-0.1, -0.05) is 17.3 Å². The standard InChI is InChI=1S/C17H23N3O3/c1-12(2)22-15-6-4-5-14(9-15)10-20-7-8-21-16(11-20)17-18-13(3)23-19-17/h4-6,9,12,16H,7-8,10-11H2,1-3H3/t16-/m1/s1. The summed E-state index contributed by atoms with van der Waals surface area (Å²) >= 11 is 0. The van der Waals surface area contributed by atoms with Crippen LogP contribution in [0.4, 0.5) is 0 Å². The molecule has 0 radical (unpaired) electrons. The van der Waals surface area contributed by atoms with Crippen molar-refractivity contribution in [1.82, 2.24) is 15.0 Å². The molecule has 2 heterocycles. The summed E-state index contributed by atoms with van der Waals surface area (Å²) in [7, 11) is 0. The molecule has 6 nitrogen and oxygen atoms in total. The Morgan fingerprint density at radius 2 is 2.26 bits per heavy atom. The molecular formula is C17H23N3O3. The number of hydrogen-bond acceptors (Lipinski definition) is 6. The lowest BCUT2D eigenvalue weighted by Gasteiger charge is -2.31. The van der Waals surface area contributed by atoms with Crippen LogP contribution in [0.15, 0.2) is 28.8 Å². The molecule has 0 amide bonds. The second kappa shape index (κ2) is 7.10. The zero-order valence-corrected chi connectivity index (χ0v) is 13.9. The Kier molecular flexibility index (Phi) is 4.93. The number of aromatic nitrogens is 2. The highest BCUT2D eigenvalue weighted by Crippen LogP contribution is 2.22. The minimum Gasteiger partial charge on any atom is -0.491 e. The van der Waals surface area contributed by atoms with Gasteiger partial charge in [0.05, 0.1) is 12.7 Å². The normalized spacial score (nSPS) is 19.2. The first-order chi connectivity index (χ1) is 11.1. The summed E-state index contributed by atoms with van der Waals surface area (Å²) in [5, 5.41) is 3.97. The summed E-state index contributed by atoms with van der Waals surface area (Å²) in [4.78, 5) is 6.61. The van der Waals surface area contributed by atoms with Gasteiger partial charge in [0.1, 0.15) is 11.9 Å². The number of nitrogens with zero attached hydrogens (tertiary/aromatic N) is 3. The van der Waals surface area contributed by atoms with Gasteiger partial charge in [0, 0.05) is 26.6 Å². The molecule has 0 spiro atoms. The third-order valence-electron chi connectivity index (χ3n) is 3.66. The number of rotatable bonds is 5. The fourth-order valence-corrected chi connectivity index (χ4v) is 2.70. The summed E-state index contributed by atoms with van der Waals surface area (Å²) in [6, 6.07) is 8.25. The third-order valence-corrected chi connectivity index (χ3v) is 3.66. The monoisotopic (exact) mass is 317 g/mol. The van der Waals surface area contributed by atoms with Crippen molar-refractivity contribution in [3.8, 4) is 5.75 Å². The highest BCUT2D eigenvalue weighted by molar-refractivity contribution is 5.28. The number of morpholine rings is 1. The predicted molar refractivity (Wildman–Crippen MR) is 85.2 cm³/mol. The quantitative estimate of drug-likeness (QED) is 0.845. The molecule has 0 bridgehead atoms. The lowest BCUT2D eigenvalue weighted by molar-refractivity contribution is -0.0380. The van der Waals surface area contributed by atoms with Gasteiger partial charge in [0.2, 0.25) is 11.7 Å². The molecule has 2 aromatic rings. The number of ether oxygens (including phenoxy) is 2. The van der Waals surface area contributed by atoms with Crippen LogP contribution in [0.3, 0.4) is 0 Å². The Morgan fingerprint density at radius 3 is 3.00 bits per heavy atom. The smallest absolute Gasteiger partial charge is 0.223 e. The molecule has 1 aromatic carbocycles. The van der Waals surface area contributed by atoms with E-state index >= 15 is 0 Å². The van der Waals surface area contributed by atoms with Crippen LogP contribution < -0.4 is 4.74 Å². The van der Waals surface area contributed by atoms with Crippen LogP contribution in [0.25, 0.3) is 0 Å². The van der Waals surface area contributed by atoms with E-state index in [2.05, 4.69) is 27.2 Å². The maximum Gasteiger partial charge on any atom is 0.223 e. The van der Waals surface area contributed by atoms with E-state index in [-0.39, 0.29) is 12.2 Å². The Hall–Kier alpha value is -1.92. The van der Waals surface area contributed by atoms with Crippen LogP contribution in [0.1, 0.15) is 37.2 Å². The average molecular weight is 317 g/mol. The van der Waals surface area contributed by atoms with Crippen LogP contribution in [-0.4, -0.2) is 40.8 Å². The Morgan fingerprint density at radius 1 is 1.39 bits per heavy atom. The Balaban J connectivity index is 1.63. The van der Waals surface area contributed by atoms with E-state index in [1.54, 1.807) is 6.92 Å². The van der Waals surface area contributed by atoms with E-state index < -0.39 is 0 Å². The number of hydrogen-bond donors (Lipinski definition) is 0. The number of benzene rings is 1.